The summed E-state index contributed by atoms with van der Waals surface area (Å²) in [7, 11) is 8.20. The number of hydrogen-bond acceptors (Lipinski definition) is 9. The fraction of sp³-hybridized carbons (Fsp3) is 0.250. The molecule has 0 atom stereocenters. The Morgan fingerprint density at radius 2 is 1.82 bits per heavy atom. The molecule has 1 amide bonds. The molecule has 202 valence electrons. The Balaban J connectivity index is 2.28. The highest BCUT2D eigenvalue weighted by Gasteiger charge is 2.33. The van der Waals surface area contributed by atoms with E-state index in [1.165, 1.54) is 38.5 Å². The third kappa shape index (κ3) is 6.09. The minimum Gasteiger partial charge on any atom is -0.503 e. The maximum atomic E-state index is 12.3. The molecule has 0 bridgehead atoms. The summed E-state index contributed by atoms with van der Waals surface area (Å²) in [5.74, 6) is -0.889. The average molecular weight is 657 g/mol. The van der Waals surface area contributed by atoms with E-state index in [0.717, 1.165) is 6.21 Å². The maximum Gasteiger partial charge on any atom is 0.324 e. The Kier molecular flexibility index (Phi) is 8.69. The van der Waals surface area contributed by atoms with E-state index in [1.54, 1.807) is 0 Å². The number of nitro groups is 1. The van der Waals surface area contributed by atoms with E-state index in [1.807, 2.05) is 21.1 Å². The summed E-state index contributed by atoms with van der Waals surface area (Å²) >= 11 is 6.55. The number of phenols is 2. The van der Waals surface area contributed by atoms with Crippen LogP contribution in [0.4, 0.5) is 5.69 Å². The molecule has 3 N–H and O–H groups in total. The second-order valence-corrected chi connectivity index (χ2v) is 10.7. The quantitative estimate of drug-likeness (QED) is 0.130. The zero-order chi connectivity index (χ0) is 28.4. The number of benzene rings is 2. The van der Waals surface area contributed by atoms with Gasteiger partial charge in [0.1, 0.15) is 11.3 Å². The van der Waals surface area contributed by atoms with E-state index in [2.05, 4.69) is 42.4 Å². The maximum absolute atomic E-state index is 12.3. The van der Waals surface area contributed by atoms with E-state index in [9.17, 15) is 25.1 Å². The Bertz CT molecular complexity index is 1430. The lowest BCUT2D eigenvalue weighted by Gasteiger charge is -2.21. The smallest absolute Gasteiger partial charge is 0.324 e. The Morgan fingerprint density at radius 1 is 1.16 bits per heavy atom. The number of aromatic hydroxyl groups is 2. The van der Waals surface area contributed by atoms with E-state index >= 15 is 0 Å². The van der Waals surface area contributed by atoms with Crippen molar-refractivity contribution >= 4 is 49.7 Å². The van der Waals surface area contributed by atoms with Gasteiger partial charge in [-0.15, -0.1) is 0 Å². The van der Waals surface area contributed by atoms with Crippen molar-refractivity contribution in [2.75, 3.05) is 41.9 Å². The summed E-state index contributed by atoms with van der Waals surface area (Å²) in [5, 5.41) is 37.0. The summed E-state index contributed by atoms with van der Waals surface area (Å²) in [6.07, 6.45) is 1.03. The van der Waals surface area contributed by atoms with Crippen LogP contribution in [0.3, 0.4) is 0 Å². The van der Waals surface area contributed by atoms with Crippen LogP contribution in [0.2, 0.25) is 0 Å². The number of quaternary nitrogens is 1. The summed E-state index contributed by atoms with van der Waals surface area (Å²) < 4.78 is 17.0. The molecule has 2 aromatic carbocycles. The molecule has 0 radical (unpaired) electrons. The van der Waals surface area contributed by atoms with Crippen molar-refractivity contribution in [3.8, 4) is 45.4 Å². The van der Waals surface area contributed by atoms with E-state index in [0.29, 0.717) is 10.0 Å². The molecule has 38 heavy (non-hydrogen) atoms. The number of amides is 1. The highest BCUT2D eigenvalue weighted by atomic mass is 79.9. The van der Waals surface area contributed by atoms with Crippen molar-refractivity contribution in [3.05, 3.63) is 49.1 Å². The zero-order valence-corrected chi connectivity index (χ0v) is 24.2. The molecule has 0 aliphatic heterocycles. The molecule has 14 heteroatoms. The van der Waals surface area contributed by atoms with Gasteiger partial charge in [0.15, 0.2) is 29.5 Å². The molecule has 0 aliphatic rings. The normalized spacial score (nSPS) is 11.6. The van der Waals surface area contributed by atoms with Gasteiger partial charge in [-0.1, -0.05) is 0 Å². The van der Waals surface area contributed by atoms with Crippen molar-refractivity contribution in [1.29, 1.82) is 0 Å². The zero-order valence-electron chi connectivity index (χ0n) is 21.0. The minimum absolute atomic E-state index is 0.00129. The molecule has 0 saturated heterocycles. The van der Waals surface area contributed by atoms with Crippen LogP contribution in [0.15, 0.2) is 42.7 Å². The summed E-state index contributed by atoms with van der Waals surface area (Å²) in [5.41, 5.74) is 2.38. The first-order valence-electron chi connectivity index (χ1n) is 10.8. The van der Waals surface area contributed by atoms with Crippen LogP contribution >= 0.6 is 31.9 Å². The fourth-order valence-corrected chi connectivity index (χ4v) is 4.52. The van der Waals surface area contributed by atoms with Crippen molar-refractivity contribution in [1.82, 2.24) is 5.43 Å². The van der Waals surface area contributed by atoms with Crippen LogP contribution in [0.25, 0.3) is 22.5 Å². The molecule has 0 unspecified atom stereocenters. The molecular formula is C24H25Br2N4O8+. The van der Waals surface area contributed by atoms with E-state index in [4.69, 9.17) is 13.9 Å². The van der Waals surface area contributed by atoms with Crippen LogP contribution in [-0.4, -0.2) is 73.6 Å². The molecule has 12 nitrogen and oxygen atoms in total. The first kappa shape index (κ1) is 28.9. The van der Waals surface area contributed by atoms with Crippen molar-refractivity contribution < 1.29 is 38.3 Å². The number of rotatable bonds is 9. The third-order valence-corrected chi connectivity index (χ3v) is 6.57. The highest BCUT2D eigenvalue weighted by Crippen LogP contribution is 2.51. The van der Waals surface area contributed by atoms with Gasteiger partial charge in [0, 0.05) is 11.1 Å². The number of furan rings is 1. The van der Waals surface area contributed by atoms with Crippen LogP contribution in [0.5, 0.6) is 23.0 Å². The molecule has 3 aromatic rings. The standard InChI is InChI=1S/C24H24Br2N4O8/c1-30(2,3)11-18(31)28-27-10-17-21(29(34)35)19(13-6-7-15(36-4)23(33)20(13)26)24(38-17)12-8-14(25)22(32)16(9-12)37-5/h6-10H,11H2,1-5H3,(H2-,27,28,31,32,33)/p+1. The number of ether oxygens (including phenoxy) is 2. The van der Waals surface area contributed by atoms with E-state index < -0.39 is 16.5 Å². The van der Waals surface area contributed by atoms with Gasteiger partial charge in [0.2, 0.25) is 5.76 Å². The number of halogens is 2. The fourth-order valence-electron chi connectivity index (χ4n) is 3.56. The van der Waals surface area contributed by atoms with Crippen LogP contribution in [0, 0.1) is 10.1 Å². The van der Waals surface area contributed by atoms with Gasteiger partial charge in [-0.3, -0.25) is 14.9 Å². The lowest BCUT2D eigenvalue weighted by molar-refractivity contribution is -0.862. The van der Waals surface area contributed by atoms with E-state index in [-0.39, 0.29) is 61.1 Å². The predicted octanol–water partition coefficient (Wildman–Crippen LogP) is 4.63. The van der Waals surface area contributed by atoms with Crippen LogP contribution in [0.1, 0.15) is 5.76 Å². The van der Waals surface area contributed by atoms with Gasteiger partial charge < -0.3 is 28.6 Å². The first-order valence-corrected chi connectivity index (χ1v) is 12.4. The number of likely N-dealkylation sites (N-methyl/N-ethyl adjacent to an activating group) is 1. The molecule has 3 rings (SSSR count). The lowest BCUT2D eigenvalue weighted by atomic mass is 9.99. The highest BCUT2D eigenvalue weighted by molar-refractivity contribution is 9.11. The molecule has 1 heterocycles. The summed E-state index contributed by atoms with van der Waals surface area (Å²) in [6.45, 7) is 0.119. The third-order valence-electron chi connectivity index (χ3n) is 5.16. The minimum atomic E-state index is -0.655. The van der Waals surface area contributed by atoms with Crippen molar-refractivity contribution in [2.24, 2.45) is 5.10 Å². The summed E-state index contributed by atoms with van der Waals surface area (Å²) in [4.78, 5) is 23.8. The monoisotopic (exact) mass is 655 g/mol. The molecule has 0 fully saturated rings. The van der Waals surface area contributed by atoms with Gasteiger partial charge in [-0.05, 0) is 56.1 Å². The number of carbonyl (C=O) groups excluding carboxylic acids is 1. The van der Waals surface area contributed by atoms with Gasteiger partial charge in [0.05, 0.1) is 55.4 Å². The lowest BCUT2D eigenvalue weighted by Crippen LogP contribution is -2.43. The van der Waals surface area contributed by atoms with Crippen LogP contribution in [-0.2, 0) is 4.79 Å². The molecule has 0 aliphatic carbocycles. The average Bonchev–Trinajstić information content (AvgIpc) is 3.20. The molecule has 0 saturated carbocycles. The number of hydrogen-bond donors (Lipinski definition) is 3. The van der Waals surface area contributed by atoms with Gasteiger partial charge in [0.25, 0.3) is 5.91 Å². The molecule has 0 spiro atoms. The largest absolute Gasteiger partial charge is 0.503 e. The topological polar surface area (TPSA) is 157 Å². The Labute approximate surface area is 234 Å². The number of nitrogens with one attached hydrogen (secondary N) is 1. The molecular weight excluding hydrogens is 632 g/mol. The number of carbonyl (C=O) groups is 1. The SMILES string of the molecule is COc1cc(-c2oc(/C=N/NC(=O)C[N+](C)(C)C)c([N+](=O)[O-])c2-c2ccc(OC)c(O)c2Br)cc(Br)c1O. The Hall–Kier alpha value is -3.62. The number of methoxy groups -OCH3 is 2. The van der Waals surface area contributed by atoms with Crippen molar-refractivity contribution in [3.63, 3.8) is 0 Å². The number of phenolic OH excluding ortho intramolecular Hbond substituents is 2. The first-order chi connectivity index (χ1) is 17.8. The van der Waals surface area contributed by atoms with Gasteiger partial charge in [-0.2, -0.15) is 5.10 Å². The second-order valence-electron chi connectivity index (χ2n) is 9.00. The second kappa shape index (κ2) is 11.4. The number of hydrazone groups is 1. The predicted molar refractivity (Wildman–Crippen MR) is 147 cm³/mol. The number of nitrogens with zero attached hydrogens (tertiary/aromatic N) is 3. The Morgan fingerprint density at radius 3 is 2.39 bits per heavy atom. The summed E-state index contributed by atoms with van der Waals surface area (Å²) in [6, 6.07) is 5.89. The van der Waals surface area contributed by atoms with Crippen molar-refractivity contribution in [2.45, 2.75) is 0 Å². The van der Waals surface area contributed by atoms with Gasteiger partial charge in [-0.25, -0.2) is 5.43 Å². The van der Waals surface area contributed by atoms with Gasteiger partial charge >= 0.3 is 5.69 Å². The van der Waals surface area contributed by atoms with Crippen LogP contribution < -0.4 is 14.9 Å². The molecule has 1 aromatic heterocycles.